The van der Waals surface area contributed by atoms with E-state index in [1.807, 2.05) is 30.2 Å². The van der Waals surface area contributed by atoms with Crippen molar-refractivity contribution in [2.75, 3.05) is 26.2 Å². The number of likely N-dealkylation sites (tertiary alicyclic amines) is 1. The van der Waals surface area contributed by atoms with Crippen LogP contribution in [0.15, 0.2) is 17.6 Å². The molecule has 0 bridgehead atoms. The van der Waals surface area contributed by atoms with Crippen LogP contribution in [0.25, 0.3) is 5.13 Å². The molecule has 0 saturated carbocycles. The van der Waals surface area contributed by atoms with E-state index >= 15 is 0 Å². The highest BCUT2D eigenvalue weighted by Gasteiger charge is 2.26. The first-order chi connectivity index (χ1) is 11.6. The van der Waals surface area contributed by atoms with Gasteiger partial charge >= 0.3 is 0 Å². The van der Waals surface area contributed by atoms with E-state index in [1.54, 1.807) is 17.5 Å². The second kappa shape index (κ2) is 10.3. The van der Waals surface area contributed by atoms with Crippen molar-refractivity contribution < 1.29 is 4.79 Å². The number of hydrogen-bond acceptors (Lipinski definition) is 4. The van der Waals surface area contributed by atoms with Gasteiger partial charge in [0.15, 0.2) is 5.13 Å². The predicted molar refractivity (Wildman–Crippen MR) is 113 cm³/mol. The van der Waals surface area contributed by atoms with Crippen LogP contribution in [0.3, 0.4) is 0 Å². The van der Waals surface area contributed by atoms with E-state index in [4.69, 9.17) is 0 Å². The number of nitrogens with zero attached hydrogens (tertiary/aromatic N) is 3. The van der Waals surface area contributed by atoms with E-state index in [9.17, 15) is 4.79 Å². The van der Waals surface area contributed by atoms with Gasteiger partial charge in [0.2, 0.25) is 0 Å². The highest BCUT2D eigenvalue weighted by molar-refractivity contribution is 7.12. The molecule has 1 aliphatic heterocycles. The normalized spacial score (nSPS) is 14.7. The number of piperidine rings is 1. The summed E-state index contributed by atoms with van der Waals surface area (Å²) in [4.78, 5) is 19.3. The summed E-state index contributed by atoms with van der Waals surface area (Å²) in [6.07, 6.45) is 3.98. The second-order valence-corrected chi connectivity index (χ2v) is 7.35. The summed E-state index contributed by atoms with van der Waals surface area (Å²) in [6.45, 7) is 9.98. The first-order valence-corrected chi connectivity index (χ1v) is 9.58. The average Bonchev–Trinajstić information content (AvgIpc) is 3.20. The molecule has 0 spiro atoms. The SMILES string of the molecule is CCNCC1CCN(C(=O)c2cc(C)n(-c3nccs3)c2C)CC1.Cl.Cl. The monoisotopic (exact) mass is 418 g/mol. The number of hydrogen-bond donors (Lipinski definition) is 1. The number of carbonyl (C=O) groups excluding carboxylic acids is 1. The van der Waals surface area contributed by atoms with Crippen LogP contribution >= 0.6 is 36.2 Å². The molecule has 1 saturated heterocycles. The summed E-state index contributed by atoms with van der Waals surface area (Å²) >= 11 is 1.59. The molecule has 2 aromatic heterocycles. The van der Waals surface area contributed by atoms with Gasteiger partial charge < -0.3 is 10.2 Å². The third kappa shape index (κ3) is 4.80. The Bertz CT molecular complexity index is 694. The predicted octanol–water partition coefficient (Wildman–Crippen LogP) is 3.86. The first kappa shape index (κ1) is 23.0. The van der Waals surface area contributed by atoms with Gasteiger partial charge in [-0.15, -0.1) is 36.2 Å². The summed E-state index contributed by atoms with van der Waals surface area (Å²) in [6, 6.07) is 2.00. The summed E-state index contributed by atoms with van der Waals surface area (Å²) < 4.78 is 2.08. The molecule has 1 fully saturated rings. The minimum Gasteiger partial charge on any atom is -0.339 e. The minimum atomic E-state index is 0. The Hall–Kier alpha value is -1.08. The van der Waals surface area contributed by atoms with Crippen molar-refractivity contribution in [3.63, 3.8) is 0 Å². The quantitative estimate of drug-likeness (QED) is 0.801. The Balaban J connectivity index is 0.00000169. The Kier molecular flexibility index (Phi) is 9.10. The number of rotatable bonds is 5. The molecule has 8 heteroatoms. The van der Waals surface area contributed by atoms with Crippen LogP contribution in [0.2, 0.25) is 0 Å². The molecule has 26 heavy (non-hydrogen) atoms. The van der Waals surface area contributed by atoms with Crippen LogP contribution in [0.4, 0.5) is 0 Å². The van der Waals surface area contributed by atoms with Gasteiger partial charge in [0.1, 0.15) is 0 Å². The summed E-state index contributed by atoms with van der Waals surface area (Å²) in [5.41, 5.74) is 2.86. The molecular weight excluding hydrogens is 391 g/mol. The molecule has 0 atom stereocenters. The topological polar surface area (TPSA) is 50.2 Å². The number of nitrogens with one attached hydrogen (secondary N) is 1. The van der Waals surface area contributed by atoms with Gasteiger partial charge in [0.25, 0.3) is 5.91 Å². The molecule has 3 heterocycles. The summed E-state index contributed by atoms with van der Waals surface area (Å²) in [5, 5.41) is 6.30. The van der Waals surface area contributed by atoms with Crippen molar-refractivity contribution in [1.82, 2.24) is 19.8 Å². The molecule has 2 aromatic rings. The maximum Gasteiger partial charge on any atom is 0.255 e. The van der Waals surface area contributed by atoms with Crippen molar-refractivity contribution >= 4 is 42.1 Å². The fourth-order valence-corrected chi connectivity index (χ4v) is 4.21. The molecule has 3 rings (SSSR count). The van der Waals surface area contributed by atoms with E-state index in [0.717, 1.165) is 61.1 Å². The molecule has 0 unspecified atom stereocenters. The van der Waals surface area contributed by atoms with E-state index in [0.29, 0.717) is 5.92 Å². The van der Waals surface area contributed by atoms with Crippen LogP contribution < -0.4 is 5.32 Å². The highest BCUT2D eigenvalue weighted by atomic mass is 35.5. The first-order valence-electron chi connectivity index (χ1n) is 8.70. The zero-order valence-corrected chi connectivity index (χ0v) is 18.0. The zero-order valence-electron chi connectivity index (χ0n) is 15.5. The van der Waals surface area contributed by atoms with Gasteiger partial charge in [-0.05, 0) is 51.8 Å². The number of amides is 1. The lowest BCUT2D eigenvalue weighted by Gasteiger charge is -2.32. The van der Waals surface area contributed by atoms with Gasteiger partial charge in [0.05, 0.1) is 5.56 Å². The van der Waals surface area contributed by atoms with Gasteiger partial charge in [-0.3, -0.25) is 9.36 Å². The van der Waals surface area contributed by atoms with Crippen molar-refractivity contribution in [3.05, 3.63) is 34.6 Å². The van der Waals surface area contributed by atoms with Crippen molar-refractivity contribution in [3.8, 4) is 5.13 Å². The fraction of sp³-hybridized carbons (Fsp3) is 0.556. The van der Waals surface area contributed by atoms with Gasteiger partial charge in [-0.25, -0.2) is 4.98 Å². The fourth-order valence-electron chi connectivity index (χ4n) is 3.46. The molecule has 1 N–H and O–H groups in total. The Labute approximate surface area is 172 Å². The van der Waals surface area contributed by atoms with Crippen molar-refractivity contribution in [2.24, 2.45) is 5.92 Å². The van der Waals surface area contributed by atoms with Gasteiger partial charge in [-0.1, -0.05) is 6.92 Å². The second-order valence-electron chi connectivity index (χ2n) is 6.48. The Morgan fingerprint density at radius 1 is 1.31 bits per heavy atom. The van der Waals surface area contributed by atoms with Crippen molar-refractivity contribution in [2.45, 2.75) is 33.6 Å². The van der Waals surface area contributed by atoms with Gasteiger partial charge in [-0.2, -0.15) is 0 Å². The molecule has 0 radical (unpaired) electrons. The van der Waals surface area contributed by atoms with E-state index in [1.165, 1.54) is 0 Å². The zero-order chi connectivity index (χ0) is 17.1. The summed E-state index contributed by atoms with van der Waals surface area (Å²) in [5.74, 6) is 0.851. The lowest BCUT2D eigenvalue weighted by Crippen LogP contribution is -2.40. The van der Waals surface area contributed by atoms with Crippen LogP contribution in [-0.2, 0) is 0 Å². The molecule has 1 amide bonds. The van der Waals surface area contributed by atoms with E-state index in [2.05, 4.69) is 21.8 Å². The number of aromatic nitrogens is 2. The molecule has 0 aliphatic carbocycles. The molecular formula is C18H28Cl2N4OS. The molecule has 0 aromatic carbocycles. The maximum absolute atomic E-state index is 13.0. The third-order valence-corrected chi connectivity index (χ3v) is 5.61. The highest BCUT2D eigenvalue weighted by Crippen LogP contribution is 2.25. The smallest absolute Gasteiger partial charge is 0.255 e. The number of thiazole rings is 1. The van der Waals surface area contributed by atoms with Crippen LogP contribution in [-0.4, -0.2) is 46.5 Å². The molecule has 146 valence electrons. The standard InChI is InChI=1S/C18H26N4OS.2ClH/c1-4-19-12-15-5-8-21(9-6-15)17(23)16-11-13(2)22(14(16)3)18-20-7-10-24-18;;/h7,10-11,15,19H,4-6,8-9,12H2,1-3H3;2*1H. The number of carbonyl (C=O) groups is 1. The average molecular weight is 419 g/mol. The number of halogens is 2. The van der Waals surface area contributed by atoms with E-state index < -0.39 is 0 Å². The largest absolute Gasteiger partial charge is 0.339 e. The van der Waals surface area contributed by atoms with Crippen LogP contribution in [0.1, 0.15) is 41.5 Å². The summed E-state index contributed by atoms with van der Waals surface area (Å²) in [7, 11) is 0. The number of aryl methyl sites for hydroxylation is 1. The lowest BCUT2D eigenvalue weighted by molar-refractivity contribution is 0.0689. The van der Waals surface area contributed by atoms with Gasteiger partial charge in [0, 0.05) is 36.1 Å². The maximum atomic E-state index is 13.0. The van der Waals surface area contributed by atoms with Crippen LogP contribution in [0, 0.1) is 19.8 Å². The van der Waals surface area contributed by atoms with Crippen molar-refractivity contribution in [1.29, 1.82) is 0 Å². The lowest BCUT2D eigenvalue weighted by atomic mass is 9.96. The third-order valence-electron chi connectivity index (χ3n) is 4.86. The molecule has 1 aliphatic rings. The van der Waals surface area contributed by atoms with Crippen LogP contribution in [0.5, 0.6) is 0 Å². The Morgan fingerprint density at radius 3 is 2.58 bits per heavy atom. The minimum absolute atomic E-state index is 0. The molecule has 5 nitrogen and oxygen atoms in total. The Morgan fingerprint density at radius 2 is 2.00 bits per heavy atom. The van der Waals surface area contributed by atoms with E-state index in [-0.39, 0.29) is 30.7 Å².